The summed E-state index contributed by atoms with van der Waals surface area (Å²) in [5, 5.41) is 11.0. The zero-order valence-corrected chi connectivity index (χ0v) is 15.0. The summed E-state index contributed by atoms with van der Waals surface area (Å²) in [4.78, 5) is 20.6. The smallest absolute Gasteiger partial charge is 0.308 e. The highest BCUT2D eigenvalue weighted by molar-refractivity contribution is 6.00. The maximum absolute atomic E-state index is 12.2. The molecule has 0 bridgehead atoms. The number of fused-ring (bicyclic) bond motifs is 1. The predicted molar refractivity (Wildman–Crippen MR) is 106 cm³/mol. The van der Waals surface area contributed by atoms with Crippen LogP contribution in [0.4, 0.5) is 16.2 Å². The Kier molecular flexibility index (Phi) is 4.25. The molecule has 3 aromatic heterocycles. The minimum atomic E-state index is -0.302. The van der Waals surface area contributed by atoms with Gasteiger partial charge in [0, 0.05) is 47.5 Å². The van der Waals surface area contributed by atoms with Crippen molar-refractivity contribution in [2.75, 3.05) is 10.6 Å². The topological polar surface area (TPSA) is 84.7 Å². The van der Waals surface area contributed by atoms with Crippen molar-refractivity contribution in [2.45, 2.75) is 6.92 Å². The number of urea groups is 1. The normalized spacial score (nSPS) is 10.7. The second kappa shape index (κ2) is 6.87. The quantitative estimate of drug-likeness (QED) is 0.580. The molecule has 2 N–H and O–H groups in total. The number of aromatic nitrogens is 4. The molecule has 7 nitrogen and oxygen atoms in total. The summed E-state index contributed by atoms with van der Waals surface area (Å²) in [5.41, 5.74) is 5.23. The van der Waals surface area contributed by atoms with Crippen molar-refractivity contribution in [3.8, 4) is 11.1 Å². The third-order valence-electron chi connectivity index (χ3n) is 4.28. The van der Waals surface area contributed by atoms with Crippen molar-refractivity contribution in [1.82, 2.24) is 19.7 Å². The van der Waals surface area contributed by atoms with Gasteiger partial charge in [0.2, 0.25) is 0 Å². The van der Waals surface area contributed by atoms with Gasteiger partial charge < -0.3 is 10.6 Å². The van der Waals surface area contributed by atoms with Gasteiger partial charge in [0.05, 0.1) is 17.9 Å². The summed E-state index contributed by atoms with van der Waals surface area (Å²) in [7, 11) is 1.89. The number of aryl methyl sites for hydroxylation is 2. The van der Waals surface area contributed by atoms with Crippen LogP contribution in [0.2, 0.25) is 0 Å². The molecule has 0 saturated carbocycles. The Morgan fingerprint density at radius 1 is 1.00 bits per heavy atom. The highest BCUT2D eigenvalue weighted by atomic mass is 16.2. The first-order chi connectivity index (χ1) is 13.1. The van der Waals surface area contributed by atoms with Crippen molar-refractivity contribution < 1.29 is 4.79 Å². The molecule has 0 radical (unpaired) electrons. The Morgan fingerprint density at radius 3 is 2.56 bits per heavy atom. The molecule has 3 heterocycles. The van der Waals surface area contributed by atoms with Crippen molar-refractivity contribution in [1.29, 1.82) is 0 Å². The van der Waals surface area contributed by atoms with Gasteiger partial charge in [0.15, 0.2) is 0 Å². The van der Waals surface area contributed by atoms with E-state index in [0.29, 0.717) is 11.4 Å². The summed E-state index contributed by atoms with van der Waals surface area (Å²) in [5.74, 6) is 0. The zero-order valence-electron chi connectivity index (χ0n) is 15.0. The first-order valence-corrected chi connectivity index (χ1v) is 8.47. The molecule has 4 rings (SSSR count). The van der Waals surface area contributed by atoms with Crippen LogP contribution in [-0.2, 0) is 7.05 Å². The minimum Gasteiger partial charge on any atom is -0.308 e. The number of carbonyl (C=O) groups excluding carboxylic acids is 1. The monoisotopic (exact) mass is 358 g/mol. The van der Waals surface area contributed by atoms with Gasteiger partial charge in [-0.05, 0) is 36.8 Å². The van der Waals surface area contributed by atoms with Crippen LogP contribution in [0.3, 0.4) is 0 Å². The highest BCUT2D eigenvalue weighted by Gasteiger charge is 2.09. The Labute approximate surface area is 156 Å². The van der Waals surface area contributed by atoms with Gasteiger partial charge in [-0.2, -0.15) is 5.10 Å². The second-order valence-corrected chi connectivity index (χ2v) is 6.23. The summed E-state index contributed by atoms with van der Waals surface area (Å²) >= 11 is 0. The van der Waals surface area contributed by atoms with Crippen molar-refractivity contribution in [3.63, 3.8) is 0 Å². The van der Waals surface area contributed by atoms with Gasteiger partial charge in [0.1, 0.15) is 0 Å². The summed E-state index contributed by atoms with van der Waals surface area (Å²) in [6, 6.07) is 10.9. The average molecular weight is 358 g/mol. The number of pyridine rings is 2. The van der Waals surface area contributed by atoms with Gasteiger partial charge in [0.25, 0.3) is 0 Å². The first-order valence-electron chi connectivity index (χ1n) is 8.47. The molecule has 0 spiro atoms. The summed E-state index contributed by atoms with van der Waals surface area (Å²) < 4.78 is 1.80. The van der Waals surface area contributed by atoms with E-state index in [9.17, 15) is 4.79 Å². The third kappa shape index (κ3) is 3.48. The Hall–Kier alpha value is -3.74. The molecule has 2 amide bonds. The van der Waals surface area contributed by atoms with Crippen molar-refractivity contribution in [2.24, 2.45) is 7.05 Å². The number of benzene rings is 1. The van der Waals surface area contributed by atoms with E-state index in [1.165, 1.54) is 0 Å². The molecular formula is C20H18N6O. The molecule has 1 aromatic carbocycles. The predicted octanol–water partition coefficient (Wildman–Crippen LogP) is 3.98. The SMILES string of the molecule is Cc1cc(NC(=O)Nc2ccc(-c3cncc4c3cnn4C)cc2)ccn1. The van der Waals surface area contributed by atoms with Crippen LogP contribution < -0.4 is 10.6 Å². The van der Waals surface area contributed by atoms with E-state index in [-0.39, 0.29) is 6.03 Å². The van der Waals surface area contributed by atoms with E-state index in [1.807, 2.05) is 56.7 Å². The van der Waals surface area contributed by atoms with E-state index in [0.717, 1.165) is 27.7 Å². The number of hydrogen-bond donors (Lipinski definition) is 2. The number of amides is 2. The minimum absolute atomic E-state index is 0.302. The Balaban J connectivity index is 1.51. The van der Waals surface area contributed by atoms with E-state index in [1.54, 1.807) is 23.1 Å². The molecule has 0 saturated heterocycles. The van der Waals surface area contributed by atoms with E-state index < -0.39 is 0 Å². The molecule has 7 heteroatoms. The molecule has 0 atom stereocenters. The van der Waals surface area contributed by atoms with E-state index in [4.69, 9.17) is 0 Å². The van der Waals surface area contributed by atoms with Crippen LogP contribution >= 0.6 is 0 Å². The lowest BCUT2D eigenvalue weighted by atomic mass is 10.0. The van der Waals surface area contributed by atoms with Crippen LogP contribution in [0.5, 0.6) is 0 Å². The molecule has 0 aliphatic rings. The lowest BCUT2D eigenvalue weighted by molar-refractivity contribution is 0.262. The van der Waals surface area contributed by atoms with Crippen LogP contribution in [0, 0.1) is 6.92 Å². The van der Waals surface area contributed by atoms with Gasteiger partial charge >= 0.3 is 6.03 Å². The molecule has 0 fully saturated rings. The maximum atomic E-state index is 12.2. The van der Waals surface area contributed by atoms with Crippen molar-refractivity contribution >= 4 is 28.3 Å². The number of rotatable bonds is 3. The lowest BCUT2D eigenvalue weighted by Gasteiger charge is -2.09. The van der Waals surface area contributed by atoms with Crippen LogP contribution in [0.25, 0.3) is 22.0 Å². The third-order valence-corrected chi connectivity index (χ3v) is 4.28. The standard InChI is InChI=1S/C20H18N6O/c1-13-9-16(7-8-22-13)25-20(27)24-15-5-3-14(4-6-15)17-10-21-12-19-18(17)11-23-26(19)2/h3-12H,1-2H3,(H2,22,24,25,27). The Bertz CT molecular complexity index is 1120. The molecule has 0 aliphatic heterocycles. The number of nitrogens with one attached hydrogen (secondary N) is 2. The van der Waals surface area contributed by atoms with Crippen LogP contribution in [0.15, 0.2) is 61.2 Å². The van der Waals surface area contributed by atoms with E-state index in [2.05, 4.69) is 25.7 Å². The molecule has 27 heavy (non-hydrogen) atoms. The number of carbonyl (C=O) groups is 1. The molecular weight excluding hydrogens is 340 g/mol. The summed E-state index contributed by atoms with van der Waals surface area (Å²) in [6.45, 7) is 1.87. The lowest BCUT2D eigenvalue weighted by Crippen LogP contribution is -2.19. The van der Waals surface area contributed by atoms with E-state index >= 15 is 0 Å². The fourth-order valence-corrected chi connectivity index (χ4v) is 2.94. The van der Waals surface area contributed by atoms with Gasteiger partial charge in [-0.3, -0.25) is 14.6 Å². The van der Waals surface area contributed by atoms with Gasteiger partial charge in [-0.15, -0.1) is 0 Å². The number of nitrogens with zero attached hydrogens (tertiary/aromatic N) is 4. The van der Waals surface area contributed by atoms with Gasteiger partial charge in [-0.25, -0.2) is 4.79 Å². The average Bonchev–Trinajstić information content (AvgIpc) is 3.04. The molecule has 4 aromatic rings. The fraction of sp³-hybridized carbons (Fsp3) is 0.100. The maximum Gasteiger partial charge on any atom is 0.323 e. The van der Waals surface area contributed by atoms with Crippen molar-refractivity contribution in [3.05, 3.63) is 66.9 Å². The number of hydrogen-bond acceptors (Lipinski definition) is 4. The van der Waals surface area contributed by atoms with Crippen LogP contribution in [0.1, 0.15) is 5.69 Å². The Morgan fingerprint density at radius 2 is 1.78 bits per heavy atom. The molecule has 0 aliphatic carbocycles. The molecule has 134 valence electrons. The largest absolute Gasteiger partial charge is 0.323 e. The number of anilines is 2. The van der Waals surface area contributed by atoms with Gasteiger partial charge in [-0.1, -0.05) is 12.1 Å². The fourth-order valence-electron chi connectivity index (χ4n) is 2.94. The highest BCUT2D eigenvalue weighted by Crippen LogP contribution is 2.28. The first kappa shape index (κ1) is 16.7. The zero-order chi connectivity index (χ0) is 18.8. The second-order valence-electron chi connectivity index (χ2n) is 6.23. The molecule has 0 unspecified atom stereocenters. The summed E-state index contributed by atoms with van der Waals surface area (Å²) in [6.07, 6.45) is 7.12. The van der Waals surface area contributed by atoms with Crippen LogP contribution in [-0.4, -0.2) is 25.8 Å².